The molecule has 2 rings (SSSR count). The number of likely N-dealkylation sites (tertiary alicyclic amines) is 1. The number of carbonyl (C=O) groups excluding carboxylic acids is 1. The molecule has 2 aliphatic rings. The van der Waals surface area contributed by atoms with Crippen molar-refractivity contribution in [3.8, 4) is 0 Å². The zero-order chi connectivity index (χ0) is 11.5. The molecule has 0 aromatic heterocycles. The fraction of sp³-hybridized carbons (Fsp3) is 0.500. The van der Waals surface area contributed by atoms with Crippen LogP contribution < -0.4 is 0 Å². The molecule has 1 aliphatic heterocycles. The summed E-state index contributed by atoms with van der Waals surface area (Å²) in [4.78, 5) is 24.0. The Bertz CT molecular complexity index is 376. The SMILES string of the molecule is Cl.O=C(O)CN1C(=O)CCCC2CC=CC=C21. The van der Waals surface area contributed by atoms with Gasteiger partial charge in [-0.1, -0.05) is 12.2 Å². The molecule has 1 amide bonds. The first kappa shape index (κ1) is 13.8. The normalized spacial score (nSPS) is 23.3. The molecule has 4 nitrogen and oxygen atoms in total. The molecule has 0 radical (unpaired) electrons. The number of fused-ring (bicyclic) bond motifs is 1. The van der Waals surface area contributed by atoms with Crippen molar-refractivity contribution in [1.82, 2.24) is 4.90 Å². The monoisotopic (exact) mass is 257 g/mol. The summed E-state index contributed by atoms with van der Waals surface area (Å²) in [7, 11) is 0. The second kappa shape index (κ2) is 5.87. The van der Waals surface area contributed by atoms with Gasteiger partial charge in [-0.3, -0.25) is 9.59 Å². The number of allylic oxidation sites excluding steroid dienone is 4. The number of halogens is 1. The minimum atomic E-state index is -0.954. The second-order valence-corrected chi connectivity index (χ2v) is 4.22. The van der Waals surface area contributed by atoms with E-state index in [4.69, 9.17) is 5.11 Å². The summed E-state index contributed by atoms with van der Waals surface area (Å²) in [6, 6.07) is 0. The quantitative estimate of drug-likeness (QED) is 0.823. The third kappa shape index (κ3) is 3.09. The molecule has 1 aliphatic carbocycles. The van der Waals surface area contributed by atoms with Gasteiger partial charge in [0.25, 0.3) is 0 Å². The number of hydrogen-bond acceptors (Lipinski definition) is 2. The van der Waals surface area contributed by atoms with Crippen LogP contribution in [0, 0.1) is 5.92 Å². The molecule has 0 saturated carbocycles. The first-order valence-corrected chi connectivity index (χ1v) is 5.57. The van der Waals surface area contributed by atoms with Gasteiger partial charge in [-0.05, 0) is 25.3 Å². The number of amides is 1. The van der Waals surface area contributed by atoms with E-state index in [-0.39, 0.29) is 24.9 Å². The molecule has 0 spiro atoms. The van der Waals surface area contributed by atoms with Crippen molar-refractivity contribution in [3.63, 3.8) is 0 Å². The summed E-state index contributed by atoms with van der Waals surface area (Å²) >= 11 is 0. The number of aliphatic carboxylic acids is 1. The van der Waals surface area contributed by atoms with Gasteiger partial charge >= 0.3 is 5.97 Å². The Morgan fingerprint density at radius 2 is 2.29 bits per heavy atom. The first-order chi connectivity index (χ1) is 7.68. The van der Waals surface area contributed by atoms with Crippen molar-refractivity contribution in [2.45, 2.75) is 25.7 Å². The van der Waals surface area contributed by atoms with Gasteiger partial charge in [-0.2, -0.15) is 0 Å². The average molecular weight is 258 g/mol. The van der Waals surface area contributed by atoms with Crippen molar-refractivity contribution in [3.05, 3.63) is 23.9 Å². The van der Waals surface area contributed by atoms with Crippen LogP contribution in [0.15, 0.2) is 23.9 Å². The number of carboxylic acids is 1. The van der Waals surface area contributed by atoms with Crippen molar-refractivity contribution in [2.75, 3.05) is 6.54 Å². The lowest BCUT2D eigenvalue weighted by Gasteiger charge is -2.27. The zero-order valence-corrected chi connectivity index (χ0v) is 10.3. The van der Waals surface area contributed by atoms with Crippen LogP contribution in [0.5, 0.6) is 0 Å². The Kier molecular flexibility index (Phi) is 4.75. The van der Waals surface area contributed by atoms with Crippen molar-refractivity contribution in [2.24, 2.45) is 5.92 Å². The molecule has 0 aromatic carbocycles. The lowest BCUT2D eigenvalue weighted by Crippen LogP contribution is -2.36. The highest BCUT2D eigenvalue weighted by Crippen LogP contribution is 2.31. The average Bonchev–Trinajstić information content (AvgIpc) is 2.40. The summed E-state index contributed by atoms with van der Waals surface area (Å²) in [6.45, 7) is -0.213. The highest BCUT2D eigenvalue weighted by Gasteiger charge is 2.29. The van der Waals surface area contributed by atoms with E-state index in [0.717, 1.165) is 25.0 Å². The summed E-state index contributed by atoms with van der Waals surface area (Å²) in [5.74, 6) is -0.702. The molecule has 1 unspecified atom stereocenters. The summed E-state index contributed by atoms with van der Waals surface area (Å²) < 4.78 is 0. The predicted octanol–water partition coefficient (Wildman–Crippen LogP) is 1.97. The number of carboxylic acid groups (broad SMARTS) is 1. The molecule has 5 heteroatoms. The van der Waals surface area contributed by atoms with Crippen LogP contribution in [0.4, 0.5) is 0 Å². The van der Waals surface area contributed by atoms with Crippen LogP contribution >= 0.6 is 12.4 Å². The molecule has 1 heterocycles. The Morgan fingerprint density at radius 1 is 1.53 bits per heavy atom. The highest BCUT2D eigenvalue weighted by molar-refractivity contribution is 5.85. The van der Waals surface area contributed by atoms with E-state index in [1.54, 1.807) is 0 Å². The van der Waals surface area contributed by atoms with E-state index in [1.807, 2.05) is 12.2 Å². The zero-order valence-electron chi connectivity index (χ0n) is 9.46. The third-order valence-electron chi connectivity index (χ3n) is 3.09. The fourth-order valence-corrected chi connectivity index (χ4v) is 2.34. The standard InChI is InChI=1S/C12H15NO3.ClH/c14-11-7-3-5-9-4-1-2-6-10(9)13(11)8-12(15)16;/h1-2,6,9H,3-5,7-8H2,(H,15,16);1H. The summed E-state index contributed by atoms with van der Waals surface area (Å²) in [5, 5.41) is 8.83. The highest BCUT2D eigenvalue weighted by atomic mass is 35.5. The Morgan fingerprint density at radius 3 is 3.00 bits per heavy atom. The summed E-state index contributed by atoms with van der Waals surface area (Å²) in [6.07, 6.45) is 9.04. The molecule has 0 bridgehead atoms. The molecule has 1 saturated heterocycles. The van der Waals surface area contributed by atoms with Gasteiger partial charge in [0, 0.05) is 18.0 Å². The van der Waals surface area contributed by atoms with Crippen molar-refractivity contribution < 1.29 is 14.7 Å². The molecule has 94 valence electrons. The Labute approximate surface area is 106 Å². The smallest absolute Gasteiger partial charge is 0.323 e. The Balaban J connectivity index is 0.00000144. The molecule has 17 heavy (non-hydrogen) atoms. The van der Waals surface area contributed by atoms with Gasteiger partial charge in [0.2, 0.25) is 5.91 Å². The van der Waals surface area contributed by atoms with Crippen LogP contribution in [0.2, 0.25) is 0 Å². The van der Waals surface area contributed by atoms with Gasteiger partial charge in [0.1, 0.15) is 6.54 Å². The van der Waals surface area contributed by atoms with E-state index < -0.39 is 5.97 Å². The van der Waals surface area contributed by atoms with Crippen LogP contribution in [0.1, 0.15) is 25.7 Å². The van der Waals surface area contributed by atoms with E-state index >= 15 is 0 Å². The minimum Gasteiger partial charge on any atom is -0.480 e. The van der Waals surface area contributed by atoms with Crippen molar-refractivity contribution >= 4 is 24.3 Å². The number of rotatable bonds is 2. The third-order valence-corrected chi connectivity index (χ3v) is 3.09. The molecule has 1 N–H and O–H groups in total. The second-order valence-electron chi connectivity index (χ2n) is 4.22. The van der Waals surface area contributed by atoms with Crippen LogP contribution in [-0.4, -0.2) is 28.4 Å². The Hall–Kier alpha value is -1.29. The first-order valence-electron chi connectivity index (χ1n) is 5.57. The molecule has 0 aromatic rings. The van der Waals surface area contributed by atoms with Gasteiger partial charge in [-0.25, -0.2) is 0 Å². The van der Waals surface area contributed by atoms with Gasteiger partial charge in [0.05, 0.1) is 0 Å². The van der Waals surface area contributed by atoms with E-state index in [1.165, 1.54) is 4.90 Å². The maximum atomic E-state index is 11.8. The van der Waals surface area contributed by atoms with E-state index in [9.17, 15) is 9.59 Å². The van der Waals surface area contributed by atoms with E-state index in [2.05, 4.69) is 6.08 Å². The topological polar surface area (TPSA) is 57.6 Å². The van der Waals surface area contributed by atoms with E-state index in [0.29, 0.717) is 12.3 Å². The van der Waals surface area contributed by atoms with Gasteiger partial charge in [-0.15, -0.1) is 12.4 Å². The van der Waals surface area contributed by atoms with Gasteiger partial charge in [0.15, 0.2) is 0 Å². The maximum Gasteiger partial charge on any atom is 0.323 e. The maximum absolute atomic E-state index is 11.8. The number of nitrogens with zero attached hydrogens (tertiary/aromatic N) is 1. The van der Waals surface area contributed by atoms with Crippen molar-refractivity contribution in [1.29, 1.82) is 0 Å². The minimum absolute atomic E-state index is 0. The largest absolute Gasteiger partial charge is 0.480 e. The number of hydrogen-bond donors (Lipinski definition) is 1. The molecular weight excluding hydrogens is 242 g/mol. The predicted molar refractivity (Wildman–Crippen MR) is 65.8 cm³/mol. The van der Waals surface area contributed by atoms with Crippen LogP contribution in [0.25, 0.3) is 0 Å². The fourth-order valence-electron chi connectivity index (χ4n) is 2.34. The summed E-state index contributed by atoms with van der Waals surface area (Å²) in [5.41, 5.74) is 0.882. The van der Waals surface area contributed by atoms with Crippen LogP contribution in [0.3, 0.4) is 0 Å². The van der Waals surface area contributed by atoms with Crippen LogP contribution in [-0.2, 0) is 9.59 Å². The lowest BCUT2D eigenvalue weighted by atomic mass is 9.92. The number of carbonyl (C=O) groups is 2. The molecular formula is C12H16ClNO3. The lowest BCUT2D eigenvalue weighted by molar-refractivity contribution is -0.143. The molecule has 1 atom stereocenters. The van der Waals surface area contributed by atoms with Gasteiger partial charge < -0.3 is 10.0 Å². The molecule has 1 fully saturated rings.